The number of hydrogen-bond acceptors (Lipinski definition) is 5. The number of urea groups is 1. The van der Waals surface area contributed by atoms with Crippen molar-refractivity contribution >= 4 is 11.7 Å². The molecule has 3 N–H and O–H groups in total. The summed E-state index contributed by atoms with van der Waals surface area (Å²) in [6, 6.07) is 22.0. The van der Waals surface area contributed by atoms with Crippen LogP contribution in [0.2, 0.25) is 0 Å². The fourth-order valence-electron chi connectivity index (χ4n) is 5.85. The summed E-state index contributed by atoms with van der Waals surface area (Å²) >= 11 is 0. The minimum absolute atomic E-state index is 0.0538. The molecule has 7 heteroatoms. The normalized spacial score (nSPS) is 21.2. The van der Waals surface area contributed by atoms with Gasteiger partial charge < -0.3 is 20.7 Å². The van der Waals surface area contributed by atoms with Crippen LogP contribution in [0.1, 0.15) is 44.7 Å². The van der Waals surface area contributed by atoms with Gasteiger partial charge in [-0.1, -0.05) is 57.2 Å². The molecule has 0 aliphatic carbocycles. The van der Waals surface area contributed by atoms with Crippen molar-refractivity contribution in [1.82, 2.24) is 20.1 Å². The van der Waals surface area contributed by atoms with Crippen molar-refractivity contribution < 1.29 is 9.53 Å². The highest BCUT2D eigenvalue weighted by molar-refractivity contribution is 5.79. The predicted octanol–water partition coefficient (Wildman–Crippen LogP) is 5.39. The highest BCUT2D eigenvalue weighted by Crippen LogP contribution is 2.48. The maximum absolute atomic E-state index is 13.2. The molecule has 0 bridgehead atoms. The molecule has 2 saturated heterocycles. The highest BCUT2D eigenvalue weighted by atomic mass is 16.5. The second kappa shape index (κ2) is 10.1. The lowest BCUT2D eigenvalue weighted by molar-refractivity contribution is 0.00269. The number of pyridine rings is 1. The molecule has 3 aromatic rings. The van der Waals surface area contributed by atoms with E-state index in [1.165, 1.54) is 5.56 Å². The molecule has 3 heterocycles. The van der Waals surface area contributed by atoms with Gasteiger partial charge in [-0.25, -0.2) is 9.78 Å². The fourth-order valence-corrected chi connectivity index (χ4v) is 5.85. The Bertz CT molecular complexity index is 1200. The zero-order valence-corrected chi connectivity index (χ0v) is 22.0. The zero-order valence-electron chi connectivity index (χ0n) is 22.0. The SMILES string of the molecule is CC(C)(C)[C@@]1(c2ccccc2)CNC(=O)N1C1CCN(Cc2ccc(Oc3ccc(N)cc3)nc2)CC1. The van der Waals surface area contributed by atoms with Gasteiger partial charge in [0.1, 0.15) is 5.75 Å². The van der Waals surface area contributed by atoms with E-state index in [4.69, 9.17) is 10.5 Å². The van der Waals surface area contributed by atoms with E-state index in [-0.39, 0.29) is 23.0 Å². The Balaban J connectivity index is 1.23. The number of piperidine rings is 1. The number of rotatable bonds is 6. The molecular weight excluding hydrogens is 462 g/mol. The first kappa shape index (κ1) is 25.1. The van der Waals surface area contributed by atoms with Gasteiger partial charge in [0.15, 0.2) is 0 Å². The van der Waals surface area contributed by atoms with E-state index < -0.39 is 0 Å². The molecule has 37 heavy (non-hydrogen) atoms. The summed E-state index contributed by atoms with van der Waals surface area (Å²) in [5.74, 6) is 1.27. The van der Waals surface area contributed by atoms with Gasteiger partial charge in [0.2, 0.25) is 5.88 Å². The number of aromatic nitrogens is 1. The van der Waals surface area contributed by atoms with Gasteiger partial charge in [0.25, 0.3) is 0 Å². The van der Waals surface area contributed by atoms with E-state index in [9.17, 15) is 4.79 Å². The number of hydrogen-bond donors (Lipinski definition) is 2. The van der Waals surface area contributed by atoms with Crippen molar-refractivity contribution in [2.45, 2.75) is 51.7 Å². The van der Waals surface area contributed by atoms with Crippen molar-refractivity contribution in [2.24, 2.45) is 5.41 Å². The Morgan fingerprint density at radius 3 is 2.35 bits per heavy atom. The average molecular weight is 500 g/mol. The van der Waals surface area contributed by atoms with Crippen LogP contribution in [0.15, 0.2) is 72.9 Å². The lowest BCUT2D eigenvalue weighted by Gasteiger charge is -2.51. The van der Waals surface area contributed by atoms with Crippen molar-refractivity contribution in [3.63, 3.8) is 0 Å². The number of nitrogens with two attached hydrogens (primary N) is 1. The first-order valence-electron chi connectivity index (χ1n) is 13.1. The number of carbonyl (C=O) groups is 1. The van der Waals surface area contributed by atoms with E-state index in [2.05, 4.69) is 71.2 Å². The van der Waals surface area contributed by atoms with Crippen molar-refractivity contribution in [3.05, 3.63) is 84.1 Å². The number of nitrogen functional groups attached to an aromatic ring is 1. The smallest absolute Gasteiger partial charge is 0.318 e. The van der Waals surface area contributed by atoms with Crippen LogP contribution < -0.4 is 15.8 Å². The summed E-state index contributed by atoms with van der Waals surface area (Å²) in [6.07, 6.45) is 3.78. The van der Waals surface area contributed by atoms with Crippen LogP contribution in [-0.2, 0) is 12.1 Å². The van der Waals surface area contributed by atoms with E-state index in [1.54, 1.807) is 0 Å². The second-order valence-electron chi connectivity index (χ2n) is 11.2. The summed E-state index contributed by atoms with van der Waals surface area (Å²) in [5.41, 5.74) is 8.30. The number of amides is 2. The van der Waals surface area contributed by atoms with Crippen LogP contribution in [0.5, 0.6) is 11.6 Å². The van der Waals surface area contributed by atoms with Gasteiger partial charge in [-0.3, -0.25) is 4.90 Å². The number of carbonyl (C=O) groups excluding carboxylic acids is 1. The fraction of sp³-hybridized carbons (Fsp3) is 0.400. The van der Waals surface area contributed by atoms with Gasteiger partial charge in [-0.2, -0.15) is 0 Å². The number of nitrogens with one attached hydrogen (secondary N) is 1. The second-order valence-corrected chi connectivity index (χ2v) is 11.2. The number of nitrogens with zero attached hydrogens (tertiary/aromatic N) is 3. The third-order valence-electron chi connectivity index (χ3n) is 7.85. The predicted molar refractivity (Wildman–Crippen MR) is 146 cm³/mol. The summed E-state index contributed by atoms with van der Waals surface area (Å²) in [5, 5.41) is 3.19. The van der Waals surface area contributed by atoms with Gasteiger partial charge in [0.05, 0.1) is 5.54 Å². The molecule has 2 aliphatic heterocycles. The van der Waals surface area contributed by atoms with Crippen molar-refractivity contribution in [3.8, 4) is 11.6 Å². The molecule has 2 amide bonds. The molecule has 0 unspecified atom stereocenters. The Labute approximate surface area is 219 Å². The third-order valence-corrected chi connectivity index (χ3v) is 7.85. The summed E-state index contributed by atoms with van der Waals surface area (Å²) in [7, 11) is 0. The molecule has 194 valence electrons. The molecule has 2 aliphatic rings. The first-order chi connectivity index (χ1) is 17.8. The molecular formula is C30H37N5O2. The number of likely N-dealkylation sites (tertiary alicyclic amines) is 1. The zero-order chi connectivity index (χ0) is 26.0. The molecule has 0 radical (unpaired) electrons. The number of ether oxygens (including phenoxy) is 1. The van der Waals surface area contributed by atoms with Gasteiger partial charge in [-0.05, 0) is 53.6 Å². The molecule has 2 fully saturated rings. The minimum Gasteiger partial charge on any atom is -0.439 e. The van der Waals surface area contributed by atoms with Gasteiger partial charge >= 0.3 is 6.03 Å². The van der Waals surface area contributed by atoms with Crippen LogP contribution in [0, 0.1) is 5.41 Å². The standard InChI is InChI=1S/C30H37N5O2/c1-29(2,3)30(23-7-5-4-6-8-23)21-33-28(36)35(30)25-15-17-34(18-16-25)20-22-9-14-27(32-19-22)37-26-12-10-24(31)11-13-26/h4-14,19,25H,15-18,20-21,31H2,1-3H3,(H,33,36)/t30-/m0/s1. The summed E-state index contributed by atoms with van der Waals surface area (Å²) in [6.45, 7) is 10.1. The molecule has 1 aromatic heterocycles. The highest BCUT2D eigenvalue weighted by Gasteiger charge is 2.56. The summed E-state index contributed by atoms with van der Waals surface area (Å²) < 4.78 is 5.82. The lowest BCUT2D eigenvalue weighted by atomic mass is 9.68. The van der Waals surface area contributed by atoms with E-state index in [0.717, 1.165) is 38.0 Å². The monoisotopic (exact) mass is 499 g/mol. The Hall–Kier alpha value is -3.58. The molecule has 1 atom stereocenters. The topological polar surface area (TPSA) is 83.7 Å². The quantitative estimate of drug-likeness (QED) is 0.445. The minimum atomic E-state index is -0.373. The Morgan fingerprint density at radius 2 is 1.73 bits per heavy atom. The van der Waals surface area contributed by atoms with Crippen LogP contribution in [0.25, 0.3) is 0 Å². The van der Waals surface area contributed by atoms with Crippen LogP contribution in [-0.4, -0.2) is 46.5 Å². The molecule has 7 nitrogen and oxygen atoms in total. The molecule has 0 saturated carbocycles. The van der Waals surface area contributed by atoms with Crippen molar-refractivity contribution in [1.29, 1.82) is 0 Å². The summed E-state index contributed by atoms with van der Waals surface area (Å²) in [4.78, 5) is 22.3. The van der Waals surface area contributed by atoms with Crippen molar-refractivity contribution in [2.75, 3.05) is 25.4 Å². The first-order valence-corrected chi connectivity index (χ1v) is 13.1. The van der Waals surface area contributed by atoms with Gasteiger partial charge in [-0.15, -0.1) is 0 Å². The van der Waals surface area contributed by atoms with Crippen LogP contribution in [0.4, 0.5) is 10.5 Å². The molecule has 0 spiro atoms. The van der Waals surface area contributed by atoms with Crippen LogP contribution >= 0.6 is 0 Å². The third kappa shape index (κ3) is 5.01. The average Bonchev–Trinajstić information content (AvgIpc) is 3.26. The Kier molecular flexibility index (Phi) is 6.82. The maximum atomic E-state index is 13.2. The van der Waals surface area contributed by atoms with E-state index in [1.807, 2.05) is 42.6 Å². The lowest BCUT2D eigenvalue weighted by Crippen LogP contribution is -2.59. The van der Waals surface area contributed by atoms with Crippen LogP contribution in [0.3, 0.4) is 0 Å². The van der Waals surface area contributed by atoms with E-state index >= 15 is 0 Å². The number of anilines is 1. The Morgan fingerprint density at radius 1 is 1.03 bits per heavy atom. The van der Waals surface area contributed by atoms with E-state index in [0.29, 0.717) is 23.9 Å². The molecule has 5 rings (SSSR count). The van der Waals surface area contributed by atoms with Gasteiger partial charge in [0, 0.05) is 50.2 Å². The molecule has 2 aromatic carbocycles. The largest absolute Gasteiger partial charge is 0.439 e. The maximum Gasteiger partial charge on any atom is 0.318 e. The number of benzene rings is 2.